The molecule has 1 unspecified atom stereocenters. The number of ether oxygens (including phenoxy) is 1. The molecule has 1 atom stereocenters. The van der Waals surface area contributed by atoms with Gasteiger partial charge in [-0.1, -0.05) is 13.8 Å². The molecule has 0 bridgehead atoms. The Morgan fingerprint density at radius 3 is 2.39 bits per heavy atom. The van der Waals surface area contributed by atoms with Gasteiger partial charge < -0.3 is 14.1 Å². The van der Waals surface area contributed by atoms with Crippen LogP contribution in [0, 0.1) is 35.5 Å². The van der Waals surface area contributed by atoms with Crippen molar-refractivity contribution in [2.75, 3.05) is 31.6 Å². The van der Waals surface area contributed by atoms with E-state index in [-0.39, 0.29) is 28.6 Å². The smallest absolute Gasteiger partial charge is 0.231 e. The summed E-state index contributed by atoms with van der Waals surface area (Å²) in [5.41, 5.74) is 4.16. The SMILES string of the molecule is COc1ccc(C2CCC(CN(C(=O)C3CCC4(CC3)CC4C(=O)N3CC(C)(C)C3)c3cc(-c4coc(C5CC5)n4)ccn3)CC2)nc1C. The highest BCUT2D eigenvalue weighted by Crippen LogP contribution is 2.63. The number of aryl methyl sites for hydroxylation is 1. The molecule has 5 aliphatic rings. The lowest BCUT2D eigenvalue weighted by Crippen LogP contribution is -2.56. The van der Waals surface area contributed by atoms with Crippen LogP contribution in [0.3, 0.4) is 0 Å². The number of rotatable bonds is 9. The van der Waals surface area contributed by atoms with Gasteiger partial charge in [-0.2, -0.15) is 0 Å². The number of likely N-dealkylation sites (tertiary alicyclic amines) is 1. The predicted octanol–water partition coefficient (Wildman–Crippen LogP) is 7.70. The van der Waals surface area contributed by atoms with Crippen LogP contribution in [0.25, 0.3) is 11.3 Å². The lowest BCUT2D eigenvalue weighted by molar-refractivity contribution is -0.144. The van der Waals surface area contributed by atoms with E-state index in [2.05, 4.69) is 24.8 Å². The van der Waals surface area contributed by atoms with Gasteiger partial charge in [0.05, 0.1) is 12.8 Å². The third kappa shape index (κ3) is 6.50. The summed E-state index contributed by atoms with van der Waals surface area (Å²) in [4.78, 5) is 46.3. The zero-order valence-corrected chi connectivity index (χ0v) is 29.6. The number of aromatic nitrogens is 3. The Morgan fingerprint density at radius 2 is 1.71 bits per heavy atom. The summed E-state index contributed by atoms with van der Waals surface area (Å²) in [6.07, 6.45) is 14.6. The molecule has 1 saturated heterocycles. The molecule has 9 nitrogen and oxygen atoms in total. The molecule has 49 heavy (non-hydrogen) atoms. The average molecular weight is 666 g/mol. The van der Waals surface area contributed by atoms with Gasteiger partial charge in [-0.3, -0.25) is 19.5 Å². The second kappa shape index (κ2) is 12.5. The summed E-state index contributed by atoms with van der Waals surface area (Å²) in [6, 6.07) is 8.13. The number of amides is 2. The molecule has 0 aromatic carbocycles. The lowest BCUT2D eigenvalue weighted by Gasteiger charge is -2.46. The molecule has 2 amide bonds. The number of carbonyl (C=O) groups excluding carboxylic acids is 2. The fourth-order valence-electron chi connectivity index (χ4n) is 9.14. The number of carbonyl (C=O) groups is 2. The number of methoxy groups -OCH3 is 1. The summed E-state index contributed by atoms with van der Waals surface area (Å²) < 4.78 is 11.2. The van der Waals surface area contributed by atoms with Crippen LogP contribution in [0.5, 0.6) is 5.75 Å². The van der Waals surface area contributed by atoms with Crippen LogP contribution < -0.4 is 9.64 Å². The molecule has 9 heteroatoms. The van der Waals surface area contributed by atoms with E-state index in [1.165, 1.54) is 0 Å². The summed E-state index contributed by atoms with van der Waals surface area (Å²) in [5, 5.41) is 0. The van der Waals surface area contributed by atoms with Gasteiger partial charge in [0.15, 0.2) is 5.89 Å². The van der Waals surface area contributed by atoms with Crippen molar-refractivity contribution in [1.82, 2.24) is 19.9 Å². The first-order valence-corrected chi connectivity index (χ1v) is 18.6. The van der Waals surface area contributed by atoms with Crippen molar-refractivity contribution in [3.8, 4) is 17.0 Å². The van der Waals surface area contributed by atoms with Crippen LogP contribution in [0.4, 0.5) is 5.82 Å². The minimum Gasteiger partial charge on any atom is -0.495 e. The highest BCUT2D eigenvalue weighted by Gasteiger charge is 2.61. The van der Waals surface area contributed by atoms with E-state index in [9.17, 15) is 9.59 Å². The quantitative estimate of drug-likeness (QED) is 0.231. The maximum absolute atomic E-state index is 14.5. The average Bonchev–Trinajstić information content (AvgIpc) is 4.02. The fourth-order valence-corrected chi connectivity index (χ4v) is 9.14. The minimum atomic E-state index is -0.0493. The second-order valence-corrected chi connectivity index (χ2v) is 16.7. The van der Waals surface area contributed by atoms with Gasteiger partial charge in [0.25, 0.3) is 0 Å². The highest BCUT2D eigenvalue weighted by atomic mass is 16.5. The maximum Gasteiger partial charge on any atom is 0.231 e. The molecule has 0 N–H and O–H groups in total. The predicted molar refractivity (Wildman–Crippen MR) is 187 cm³/mol. The number of anilines is 1. The topological polar surface area (TPSA) is 102 Å². The summed E-state index contributed by atoms with van der Waals surface area (Å²) in [7, 11) is 1.69. The number of hydrogen-bond donors (Lipinski definition) is 0. The molecule has 3 aromatic rings. The van der Waals surface area contributed by atoms with E-state index < -0.39 is 0 Å². The van der Waals surface area contributed by atoms with Crippen molar-refractivity contribution in [3.05, 3.63) is 54.0 Å². The van der Waals surface area contributed by atoms with Crippen molar-refractivity contribution in [1.29, 1.82) is 0 Å². The van der Waals surface area contributed by atoms with Crippen LogP contribution in [0.15, 0.2) is 41.1 Å². The normalized spacial score (nSPS) is 28.9. The third-order valence-electron chi connectivity index (χ3n) is 12.4. The molecule has 4 heterocycles. The van der Waals surface area contributed by atoms with Gasteiger partial charge in [0.2, 0.25) is 11.8 Å². The van der Waals surface area contributed by atoms with Crippen LogP contribution in [0.2, 0.25) is 0 Å². The zero-order chi connectivity index (χ0) is 33.9. The Kier molecular flexibility index (Phi) is 8.30. The van der Waals surface area contributed by atoms with Gasteiger partial charge in [-0.25, -0.2) is 9.97 Å². The fraction of sp³-hybridized carbons (Fsp3) is 0.625. The number of nitrogens with zero attached hydrogens (tertiary/aromatic N) is 5. The molecular formula is C40H51N5O4. The van der Waals surface area contributed by atoms with Gasteiger partial charge in [-0.05, 0) is 119 Å². The summed E-state index contributed by atoms with van der Waals surface area (Å²) >= 11 is 0. The van der Waals surface area contributed by atoms with E-state index in [0.717, 1.165) is 118 Å². The van der Waals surface area contributed by atoms with Crippen molar-refractivity contribution in [3.63, 3.8) is 0 Å². The second-order valence-electron chi connectivity index (χ2n) is 16.7. The first-order valence-electron chi connectivity index (χ1n) is 18.6. The number of hydrogen-bond acceptors (Lipinski definition) is 7. The van der Waals surface area contributed by atoms with Crippen molar-refractivity contribution < 1.29 is 18.7 Å². The standard InChI is InChI=1S/C40H51N5O4/c1-25-34(48-4)12-11-32(42-25)27-7-5-26(6-8-27)21-45(35-19-30(15-18-41-35)33-22-49-36(43-33)28-9-10-28)37(46)29-13-16-40(17-14-29)20-31(40)38(47)44-23-39(2,3)24-44/h11-12,15,18-19,22,26-29,31H,5-10,13-14,16-17,20-21,23-24H2,1-4H3. The van der Waals surface area contributed by atoms with Crippen LogP contribution in [-0.2, 0) is 9.59 Å². The molecule has 1 spiro atoms. The van der Waals surface area contributed by atoms with E-state index in [1.807, 2.05) is 30.0 Å². The van der Waals surface area contributed by atoms with Gasteiger partial charge in [0.1, 0.15) is 23.5 Å². The Bertz CT molecular complexity index is 1700. The Labute approximate surface area is 290 Å². The minimum absolute atomic E-state index is 0.0493. The largest absolute Gasteiger partial charge is 0.495 e. The lowest BCUT2D eigenvalue weighted by atomic mass is 9.76. The molecule has 4 aliphatic carbocycles. The number of pyridine rings is 2. The van der Waals surface area contributed by atoms with Crippen LogP contribution >= 0.6 is 0 Å². The molecule has 4 saturated carbocycles. The van der Waals surface area contributed by atoms with Gasteiger partial charge in [-0.15, -0.1) is 0 Å². The van der Waals surface area contributed by atoms with Crippen molar-refractivity contribution in [2.45, 2.75) is 103 Å². The Morgan fingerprint density at radius 1 is 0.980 bits per heavy atom. The van der Waals surface area contributed by atoms with Crippen LogP contribution in [-0.4, -0.2) is 58.4 Å². The molecule has 260 valence electrons. The molecule has 5 fully saturated rings. The third-order valence-corrected chi connectivity index (χ3v) is 12.4. The zero-order valence-electron chi connectivity index (χ0n) is 29.6. The Hall–Kier alpha value is -3.75. The van der Waals surface area contributed by atoms with Gasteiger partial charge >= 0.3 is 0 Å². The van der Waals surface area contributed by atoms with E-state index in [4.69, 9.17) is 24.1 Å². The van der Waals surface area contributed by atoms with E-state index in [1.54, 1.807) is 19.6 Å². The van der Waals surface area contributed by atoms with E-state index >= 15 is 0 Å². The first kappa shape index (κ1) is 32.5. The highest BCUT2D eigenvalue weighted by molar-refractivity contribution is 5.95. The van der Waals surface area contributed by atoms with Crippen molar-refractivity contribution >= 4 is 17.6 Å². The summed E-state index contributed by atoms with van der Waals surface area (Å²) in [5.74, 6) is 4.22. The molecular weight excluding hydrogens is 614 g/mol. The monoisotopic (exact) mass is 665 g/mol. The maximum atomic E-state index is 14.5. The van der Waals surface area contributed by atoms with Crippen molar-refractivity contribution in [2.24, 2.45) is 28.6 Å². The molecule has 1 aliphatic heterocycles. The van der Waals surface area contributed by atoms with Crippen LogP contribution in [0.1, 0.15) is 114 Å². The Balaban J connectivity index is 0.965. The number of oxazole rings is 1. The molecule has 8 rings (SSSR count). The van der Waals surface area contributed by atoms with E-state index in [0.29, 0.717) is 36.0 Å². The van der Waals surface area contributed by atoms with Gasteiger partial charge in [0, 0.05) is 60.8 Å². The molecule has 3 aromatic heterocycles. The summed E-state index contributed by atoms with van der Waals surface area (Å²) in [6.45, 7) is 8.87. The molecule has 0 radical (unpaired) electrons. The first-order chi connectivity index (χ1) is 23.6.